The number of aromatic nitrogens is 1. The maximum Gasteiger partial charge on any atom is 0.281 e. The van der Waals surface area contributed by atoms with Gasteiger partial charge in [0.1, 0.15) is 11.9 Å². The molecule has 2 atom stereocenters. The summed E-state index contributed by atoms with van der Waals surface area (Å²) in [6.07, 6.45) is 4.70. The molecular formula is C14H21N3O4S. The molecular weight excluding hydrogens is 306 g/mol. The lowest BCUT2D eigenvalue weighted by Gasteiger charge is -2.24. The predicted molar refractivity (Wildman–Crippen MR) is 80.7 cm³/mol. The minimum absolute atomic E-state index is 0.0637. The summed E-state index contributed by atoms with van der Waals surface area (Å²) < 4.78 is 38.9. The van der Waals surface area contributed by atoms with Gasteiger partial charge in [0.25, 0.3) is 10.2 Å². The summed E-state index contributed by atoms with van der Waals surface area (Å²) >= 11 is 0. The van der Waals surface area contributed by atoms with Crippen molar-refractivity contribution >= 4 is 10.2 Å². The highest BCUT2D eigenvalue weighted by atomic mass is 32.2. The monoisotopic (exact) mass is 327 g/mol. The summed E-state index contributed by atoms with van der Waals surface area (Å²) in [5, 5.41) is 0. The van der Waals surface area contributed by atoms with Gasteiger partial charge in [0.2, 0.25) is 0 Å². The number of pyridine rings is 1. The summed E-state index contributed by atoms with van der Waals surface area (Å²) in [4.78, 5) is 4.02. The van der Waals surface area contributed by atoms with Crippen molar-refractivity contribution in [3.8, 4) is 5.75 Å². The second-order valence-electron chi connectivity index (χ2n) is 6.00. The molecule has 22 heavy (non-hydrogen) atoms. The minimum Gasteiger partial charge on any atom is -0.486 e. The molecule has 0 amide bonds. The lowest BCUT2D eigenvalue weighted by atomic mass is 9.98. The van der Waals surface area contributed by atoms with Gasteiger partial charge < -0.3 is 9.47 Å². The van der Waals surface area contributed by atoms with Crippen LogP contribution in [0.4, 0.5) is 0 Å². The Balaban J connectivity index is 1.63. The van der Waals surface area contributed by atoms with Crippen molar-refractivity contribution in [3.05, 3.63) is 24.5 Å². The third-order valence-electron chi connectivity index (χ3n) is 4.18. The van der Waals surface area contributed by atoms with Gasteiger partial charge in [0, 0.05) is 39.8 Å². The van der Waals surface area contributed by atoms with Crippen LogP contribution in [-0.2, 0) is 14.9 Å². The van der Waals surface area contributed by atoms with Crippen molar-refractivity contribution in [2.45, 2.75) is 24.5 Å². The first-order chi connectivity index (χ1) is 10.4. The maximum atomic E-state index is 12.2. The summed E-state index contributed by atoms with van der Waals surface area (Å²) in [6.45, 7) is 1.35. The molecule has 0 saturated carbocycles. The molecule has 0 bridgehead atoms. The smallest absolute Gasteiger partial charge is 0.281 e. The molecule has 7 nitrogen and oxygen atoms in total. The molecule has 3 rings (SSSR count). The lowest BCUT2D eigenvalue weighted by molar-refractivity contribution is 0.0141. The zero-order valence-corrected chi connectivity index (χ0v) is 13.6. The Kier molecular flexibility index (Phi) is 4.11. The van der Waals surface area contributed by atoms with E-state index in [1.165, 1.54) is 8.61 Å². The second-order valence-corrected chi connectivity index (χ2v) is 8.14. The standard InChI is InChI=1S/C14H21N3O4S/c1-16(2)22(18,19)17-7-5-14(11-17)8-13(10-20-14)21-12-4-3-6-15-9-12/h3-4,6,9,13H,5,7-8,10-11H2,1-2H3/t13-,14+/m1/s1. The Morgan fingerprint density at radius 3 is 3.00 bits per heavy atom. The molecule has 3 heterocycles. The van der Waals surface area contributed by atoms with Crippen molar-refractivity contribution in [1.29, 1.82) is 0 Å². The van der Waals surface area contributed by atoms with Crippen LogP contribution in [0.1, 0.15) is 12.8 Å². The molecule has 0 unspecified atom stereocenters. The van der Waals surface area contributed by atoms with Gasteiger partial charge in [0.05, 0.1) is 18.4 Å². The first-order valence-electron chi connectivity index (χ1n) is 7.30. The first-order valence-corrected chi connectivity index (χ1v) is 8.69. The van der Waals surface area contributed by atoms with Crippen LogP contribution in [-0.4, -0.2) is 67.5 Å². The van der Waals surface area contributed by atoms with Crippen LogP contribution in [0.2, 0.25) is 0 Å². The SMILES string of the molecule is CN(C)S(=O)(=O)N1CC[C@]2(C[C@@H](Oc3cccnc3)CO2)C1. The van der Waals surface area contributed by atoms with Crippen molar-refractivity contribution in [2.24, 2.45) is 0 Å². The van der Waals surface area contributed by atoms with Gasteiger partial charge >= 0.3 is 0 Å². The van der Waals surface area contributed by atoms with E-state index in [0.29, 0.717) is 38.3 Å². The van der Waals surface area contributed by atoms with Crippen LogP contribution in [0.5, 0.6) is 5.75 Å². The molecule has 0 N–H and O–H groups in total. The normalized spacial score (nSPS) is 29.5. The lowest BCUT2D eigenvalue weighted by Crippen LogP contribution is -2.41. The molecule has 0 radical (unpaired) electrons. The first kappa shape index (κ1) is 15.7. The maximum absolute atomic E-state index is 12.2. The summed E-state index contributed by atoms with van der Waals surface area (Å²) in [5.41, 5.74) is -0.421. The molecule has 2 aliphatic rings. The van der Waals surface area contributed by atoms with Gasteiger partial charge in [-0.15, -0.1) is 0 Å². The average molecular weight is 327 g/mol. The van der Waals surface area contributed by atoms with Crippen molar-refractivity contribution < 1.29 is 17.9 Å². The van der Waals surface area contributed by atoms with Gasteiger partial charge in [-0.2, -0.15) is 17.0 Å². The molecule has 1 aromatic heterocycles. The zero-order valence-electron chi connectivity index (χ0n) is 12.8. The topological polar surface area (TPSA) is 72.0 Å². The Labute approximate surface area is 131 Å². The highest BCUT2D eigenvalue weighted by Gasteiger charge is 2.49. The Morgan fingerprint density at radius 2 is 2.32 bits per heavy atom. The summed E-state index contributed by atoms with van der Waals surface area (Å²) in [5.74, 6) is 0.712. The molecule has 1 spiro atoms. The van der Waals surface area contributed by atoms with E-state index in [-0.39, 0.29) is 6.10 Å². The van der Waals surface area contributed by atoms with Crippen LogP contribution in [0, 0.1) is 0 Å². The fourth-order valence-electron chi connectivity index (χ4n) is 3.01. The van der Waals surface area contributed by atoms with E-state index < -0.39 is 15.8 Å². The Hall–Kier alpha value is -1.22. The van der Waals surface area contributed by atoms with Gasteiger partial charge in [-0.25, -0.2) is 0 Å². The number of hydrogen-bond donors (Lipinski definition) is 0. The van der Waals surface area contributed by atoms with E-state index in [4.69, 9.17) is 9.47 Å². The zero-order chi connectivity index (χ0) is 15.8. The molecule has 2 aliphatic heterocycles. The summed E-state index contributed by atoms with van der Waals surface area (Å²) in [7, 11) is -0.289. The van der Waals surface area contributed by atoms with Crippen molar-refractivity contribution in [3.63, 3.8) is 0 Å². The van der Waals surface area contributed by atoms with Crippen molar-refractivity contribution in [1.82, 2.24) is 13.6 Å². The van der Waals surface area contributed by atoms with Crippen molar-refractivity contribution in [2.75, 3.05) is 33.8 Å². The number of ether oxygens (including phenoxy) is 2. The highest BCUT2D eigenvalue weighted by Crippen LogP contribution is 2.37. The van der Waals surface area contributed by atoms with Gasteiger partial charge in [-0.05, 0) is 18.6 Å². The third-order valence-corrected chi connectivity index (χ3v) is 6.07. The van der Waals surface area contributed by atoms with Gasteiger partial charge in [0.15, 0.2) is 0 Å². The number of nitrogens with zero attached hydrogens (tertiary/aromatic N) is 3. The van der Waals surface area contributed by atoms with E-state index in [1.54, 1.807) is 26.5 Å². The van der Waals surface area contributed by atoms with Gasteiger partial charge in [-0.1, -0.05) is 0 Å². The fourth-order valence-corrected chi connectivity index (χ4v) is 4.19. The Morgan fingerprint density at radius 1 is 1.50 bits per heavy atom. The van der Waals surface area contributed by atoms with Crippen LogP contribution in [0.15, 0.2) is 24.5 Å². The highest BCUT2D eigenvalue weighted by molar-refractivity contribution is 7.86. The average Bonchev–Trinajstić information content (AvgIpc) is 3.08. The Bertz CT molecular complexity index is 622. The molecule has 0 aliphatic carbocycles. The third kappa shape index (κ3) is 2.96. The van der Waals surface area contributed by atoms with E-state index in [0.717, 1.165) is 0 Å². The molecule has 0 aromatic carbocycles. The van der Waals surface area contributed by atoms with E-state index in [9.17, 15) is 8.42 Å². The molecule has 8 heteroatoms. The summed E-state index contributed by atoms with van der Waals surface area (Å²) in [6, 6.07) is 3.68. The minimum atomic E-state index is -3.38. The predicted octanol–water partition coefficient (Wildman–Crippen LogP) is 0.500. The van der Waals surface area contributed by atoms with Crippen LogP contribution < -0.4 is 4.74 Å². The van der Waals surface area contributed by atoms with Crippen LogP contribution >= 0.6 is 0 Å². The fraction of sp³-hybridized carbons (Fsp3) is 0.643. The molecule has 2 saturated heterocycles. The van der Waals surface area contributed by atoms with Crippen LogP contribution in [0.3, 0.4) is 0 Å². The number of rotatable bonds is 4. The molecule has 2 fully saturated rings. The van der Waals surface area contributed by atoms with E-state index >= 15 is 0 Å². The van der Waals surface area contributed by atoms with Gasteiger partial charge in [-0.3, -0.25) is 4.98 Å². The molecule has 1 aromatic rings. The quantitative estimate of drug-likeness (QED) is 0.805. The second kappa shape index (κ2) is 5.77. The molecule has 122 valence electrons. The largest absolute Gasteiger partial charge is 0.486 e. The number of hydrogen-bond acceptors (Lipinski definition) is 5. The van der Waals surface area contributed by atoms with Crippen LogP contribution in [0.25, 0.3) is 0 Å². The van der Waals surface area contributed by atoms with E-state index in [1.807, 2.05) is 12.1 Å². The van der Waals surface area contributed by atoms with E-state index in [2.05, 4.69) is 4.98 Å².